The first kappa shape index (κ1) is 14.0. The summed E-state index contributed by atoms with van der Waals surface area (Å²) in [7, 11) is 0. The van der Waals surface area contributed by atoms with Crippen LogP contribution in [0, 0.1) is 11.7 Å². The molecule has 0 bridgehead atoms. The summed E-state index contributed by atoms with van der Waals surface area (Å²) in [5.41, 5.74) is 1.27. The number of halogens is 1. The molecule has 0 spiro atoms. The van der Waals surface area contributed by atoms with Gasteiger partial charge in [-0.25, -0.2) is 4.39 Å². The summed E-state index contributed by atoms with van der Waals surface area (Å²) in [5.74, 6) is 1.10. The average molecular weight is 277 g/mol. The van der Waals surface area contributed by atoms with Gasteiger partial charge in [-0.15, -0.1) is 0 Å². The molecular formula is C17H24FNO. The van der Waals surface area contributed by atoms with Gasteiger partial charge in [-0.05, 0) is 61.6 Å². The van der Waals surface area contributed by atoms with E-state index in [1.165, 1.54) is 37.7 Å². The zero-order chi connectivity index (χ0) is 13.8. The number of benzene rings is 1. The van der Waals surface area contributed by atoms with Crippen LogP contribution in [-0.2, 0) is 4.74 Å². The van der Waals surface area contributed by atoms with Gasteiger partial charge >= 0.3 is 0 Å². The number of nitrogens with one attached hydrogen (secondary N) is 1. The van der Waals surface area contributed by atoms with Crippen LogP contribution in [-0.4, -0.2) is 25.8 Å². The zero-order valence-corrected chi connectivity index (χ0v) is 12.0. The third-order valence-corrected chi connectivity index (χ3v) is 4.53. The standard InChI is InChI=1S/C17H24FNO/c18-16-3-1-14(2-4-16)15(12-19-17-5-6-17)11-13-7-9-20-10-8-13/h1-4,13,15,17,19H,5-12H2. The molecule has 110 valence electrons. The molecule has 1 aliphatic heterocycles. The van der Waals surface area contributed by atoms with E-state index in [1.54, 1.807) is 12.1 Å². The van der Waals surface area contributed by atoms with Crippen LogP contribution in [0.3, 0.4) is 0 Å². The highest BCUT2D eigenvalue weighted by atomic mass is 19.1. The van der Waals surface area contributed by atoms with E-state index in [-0.39, 0.29) is 5.82 Å². The predicted octanol–water partition coefficient (Wildman–Crippen LogP) is 3.48. The molecule has 1 heterocycles. The average Bonchev–Trinajstić information content (AvgIpc) is 3.30. The van der Waals surface area contributed by atoms with Gasteiger partial charge in [0.25, 0.3) is 0 Å². The van der Waals surface area contributed by atoms with Gasteiger partial charge in [0.15, 0.2) is 0 Å². The second-order valence-corrected chi connectivity index (χ2v) is 6.22. The van der Waals surface area contributed by atoms with Gasteiger partial charge in [0, 0.05) is 25.8 Å². The molecule has 2 fully saturated rings. The summed E-state index contributed by atoms with van der Waals surface area (Å²) in [5, 5.41) is 3.63. The van der Waals surface area contributed by atoms with Gasteiger partial charge in [-0.3, -0.25) is 0 Å². The summed E-state index contributed by atoms with van der Waals surface area (Å²) in [6, 6.07) is 7.81. The van der Waals surface area contributed by atoms with E-state index in [1.807, 2.05) is 12.1 Å². The topological polar surface area (TPSA) is 21.3 Å². The second-order valence-electron chi connectivity index (χ2n) is 6.22. The SMILES string of the molecule is Fc1ccc(C(CNC2CC2)CC2CCOCC2)cc1. The molecule has 20 heavy (non-hydrogen) atoms. The van der Waals surface area contributed by atoms with Gasteiger partial charge < -0.3 is 10.1 Å². The highest BCUT2D eigenvalue weighted by Crippen LogP contribution is 2.30. The minimum absolute atomic E-state index is 0.145. The Kier molecular flexibility index (Phi) is 4.69. The quantitative estimate of drug-likeness (QED) is 0.859. The number of ether oxygens (including phenoxy) is 1. The third-order valence-electron chi connectivity index (χ3n) is 4.53. The summed E-state index contributed by atoms with van der Waals surface area (Å²) in [6.07, 6.45) is 6.15. The normalized spacial score (nSPS) is 21.9. The summed E-state index contributed by atoms with van der Waals surface area (Å²) < 4.78 is 18.5. The number of rotatable bonds is 6. The van der Waals surface area contributed by atoms with Gasteiger partial charge in [-0.2, -0.15) is 0 Å². The Morgan fingerprint density at radius 3 is 2.45 bits per heavy atom. The Labute approximate surface area is 120 Å². The largest absolute Gasteiger partial charge is 0.381 e. The monoisotopic (exact) mass is 277 g/mol. The lowest BCUT2D eigenvalue weighted by Crippen LogP contribution is -2.26. The molecule has 1 unspecified atom stereocenters. The van der Waals surface area contributed by atoms with Crippen LogP contribution >= 0.6 is 0 Å². The van der Waals surface area contributed by atoms with E-state index in [0.717, 1.165) is 31.7 Å². The van der Waals surface area contributed by atoms with Crippen molar-refractivity contribution in [3.05, 3.63) is 35.6 Å². The summed E-state index contributed by atoms with van der Waals surface area (Å²) in [4.78, 5) is 0. The van der Waals surface area contributed by atoms with Crippen LogP contribution in [0.2, 0.25) is 0 Å². The molecule has 2 aliphatic rings. The van der Waals surface area contributed by atoms with E-state index in [2.05, 4.69) is 5.32 Å². The minimum atomic E-state index is -0.145. The van der Waals surface area contributed by atoms with Crippen molar-refractivity contribution in [1.82, 2.24) is 5.32 Å². The molecule has 1 N–H and O–H groups in total. The summed E-state index contributed by atoms with van der Waals surface area (Å²) in [6.45, 7) is 2.82. The van der Waals surface area contributed by atoms with Gasteiger partial charge in [0.2, 0.25) is 0 Å². The van der Waals surface area contributed by atoms with Crippen molar-refractivity contribution in [3.8, 4) is 0 Å². The molecule has 1 saturated carbocycles. The highest BCUT2D eigenvalue weighted by molar-refractivity contribution is 5.21. The van der Waals surface area contributed by atoms with Crippen LogP contribution in [0.1, 0.15) is 43.6 Å². The number of hydrogen-bond acceptors (Lipinski definition) is 2. The van der Waals surface area contributed by atoms with E-state index >= 15 is 0 Å². The van der Waals surface area contributed by atoms with E-state index in [9.17, 15) is 4.39 Å². The van der Waals surface area contributed by atoms with Crippen LogP contribution in [0.5, 0.6) is 0 Å². The molecule has 1 atom stereocenters. The maximum absolute atomic E-state index is 13.1. The predicted molar refractivity (Wildman–Crippen MR) is 78.3 cm³/mol. The Hall–Kier alpha value is -0.930. The van der Waals surface area contributed by atoms with E-state index in [4.69, 9.17) is 4.74 Å². The third kappa shape index (κ3) is 4.03. The molecular weight excluding hydrogens is 253 g/mol. The van der Waals surface area contributed by atoms with Crippen molar-refractivity contribution >= 4 is 0 Å². The lowest BCUT2D eigenvalue weighted by Gasteiger charge is -2.27. The lowest BCUT2D eigenvalue weighted by atomic mass is 9.85. The Morgan fingerprint density at radius 2 is 1.80 bits per heavy atom. The highest BCUT2D eigenvalue weighted by Gasteiger charge is 2.25. The Bertz CT molecular complexity index is 410. The molecule has 2 nitrogen and oxygen atoms in total. The van der Waals surface area contributed by atoms with Crippen LogP contribution in [0.15, 0.2) is 24.3 Å². The Balaban J connectivity index is 1.63. The number of hydrogen-bond donors (Lipinski definition) is 1. The van der Waals surface area contributed by atoms with E-state index in [0.29, 0.717) is 5.92 Å². The maximum atomic E-state index is 13.1. The summed E-state index contributed by atoms with van der Waals surface area (Å²) >= 11 is 0. The molecule has 0 amide bonds. The lowest BCUT2D eigenvalue weighted by molar-refractivity contribution is 0.0616. The van der Waals surface area contributed by atoms with Crippen molar-refractivity contribution in [1.29, 1.82) is 0 Å². The Morgan fingerprint density at radius 1 is 1.10 bits per heavy atom. The van der Waals surface area contributed by atoms with Crippen molar-refractivity contribution in [2.75, 3.05) is 19.8 Å². The second kappa shape index (κ2) is 6.68. The van der Waals surface area contributed by atoms with Crippen molar-refractivity contribution in [2.24, 2.45) is 5.92 Å². The van der Waals surface area contributed by atoms with Gasteiger partial charge in [-0.1, -0.05) is 12.1 Å². The van der Waals surface area contributed by atoms with Crippen molar-refractivity contribution in [2.45, 2.75) is 44.1 Å². The molecule has 0 aromatic heterocycles. The zero-order valence-electron chi connectivity index (χ0n) is 12.0. The van der Waals surface area contributed by atoms with Gasteiger partial charge in [0.1, 0.15) is 5.82 Å². The molecule has 3 rings (SSSR count). The molecule has 0 radical (unpaired) electrons. The maximum Gasteiger partial charge on any atom is 0.123 e. The molecule has 1 aliphatic carbocycles. The molecule has 1 aromatic rings. The fraction of sp³-hybridized carbons (Fsp3) is 0.647. The van der Waals surface area contributed by atoms with Crippen LogP contribution in [0.25, 0.3) is 0 Å². The van der Waals surface area contributed by atoms with Crippen molar-refractivity contribution in [3.63, 3.8) is 0 Å². The van der Waals surface area contributed by atoms with Crippen molar-refractivity contribution < 1.29 is 9.13 Å². The smallest absolute Gasteiger partial charge is 0.123 e. The van der Waals surface area contributed by atoms with Crippen LogP contribution < -0.4 is 5.32 Å². The van der Waals surface area contributed by atoms with E-state index < -0.39 is 0 Å². The molecule has 1 aromatic carbocycles. The molecule has 1 saturated heterocycles. The fourth-order valence-electron chi connectivity index (χ4n) is 3.05. The van der Waals surface area contributed by atoms with Gasteiger partial charge in [0.05, 0.1) is 0 Å². The first-order valence-corrected chi connectivity index (χ1v) is 7.88. The first-order valence-electron chi connectivity index (χ1n) is 7.88. The fourth-order valence-corrected chi connectivity index (χ4v) is 3.05. The first-order chi connectivity index (χ1) is 9.81. The minimum Gasteiger partial charge on any atom is -0.381 e. The molecule has 3 heteroatoms. The van der Waals surface area contributed by atoms with Crippen LogP contribution in [0.4, 0.5) is 4.39 Å².